The Kier molecular flexibility index (Phi) is 4.37. The van der Waals surface area contributed by atoms with Gasteiger partial charge in [-0.15, -0.1) is 0 Å². The van der Waals surface area contributed by atoms with Gasteiger partial charge < -0.3 is 5.73 Å². The van der Waals surface area contributed by atoms with Crippen LogP contribution in [0.5, 0.6) is 0 Å². The largest absolute Gasteiger partial charge is 0.327 e. The SMILES string of the molecule is NC1CC(Cc2ccc(F)cc2)CN(C2CCCC2)C1. The molecule has 3 heteroatoms. The Balaban J connectivity index is 1.62. The van der Waals surface area contributed by atoms with E-state index >= 15 is 0 Å². The summed E-state index contributed by atoms with van der Waals surface area (Å²) in [5.74, 6) is 0.464. The molecule has 0 spiro atoms. The fourth-order valence-electron chi connectivity index (χ4n) is 3.95. The molecule has 0 radical (unpaired) electrons. The number of rotatable bonds is 3. The van der Waals surface area contributed by atoms with Crippen LogP contribution < -0.4 is 5.73 Å². The Hall–Kier alpha value is -0.930. The smallest absolute Gasteiger partial charge is 0.123 e. The van der Waals surface area contributed by atoms with Gasteiger partial charge in [-0.3, -0.25) is 4.90 Å². The highest BCUT2D eigenvalue weighted by atomic mass is 19.1. The maximum Gasteiger partial charge on any atom is 0.123 e. The minimum atomic E-state index is -0.151. The van der Waals surface area contributed by atoms with Crippen LogP contribution >= 0.6 is 0 Å². The first-order valence-electron chi connectivity index (χ1n) is 7.95. The second kappa shape index (κ2) is 6.23. The van der Waals surface area contributed by atoms with Gasteiger partial charge in [-0.1, -0.05) is 25.0 Å². The number of nitrogens with zero attached hydrogens (tertiary/aromatic N) is 1. The van der Waals surface area contributed by atoms with E-state index < -0.39 is 0 Å². The molecule has 2 unspecified atom stereocenters. The lowest BCUT2D eigenvalue weighted by atomic mass is 9.88. The maximum absolute atomic E-state index is 13.0. The number of benzene rings is 1. The molecule has 0 amide bonds. The Morgan fingerprint density at radius 3 is 2.50 bits per heavy atom. The standard InChI is InChI=1S/C17H25FN2/c18-15-7-5-13(6-8-15)9-14-10-16(19)12-20(11-14)17-3-1-2-4-17/h5-8,14,16-17H,1-4,9-12,19H2. The minimum absolute atomic E-state index is 0.151. The lowest BCUT2D eigenvalue weighted by molar-refractivity contribution is 0.111. The zero-order valence-electron chi connectivity index (χ0n) is 12.1. The molecule has 1 saturated carbocycles. The van der Waals surface area contributed by atoms with E-state index in [-0.39, 0.29) is 5.82 Å². The molecule has 1 aromatic rings. The third-order valence-corrected chi connectivity index (χ3v) is 4.88. The Morgan fingerprint density at radius 1 is 1.10 bits per heavy atom. The first-order valence-corrected chi connectivity index (χ1v) is 7.95. The highest BCUT2D eigenvalue weighted by molar-refractivity contribution is 5.17. The molecule has 1 aromatic carbocycles. The minimum Gasteiger partial charge on any atom is -0.327 e. The van der Waals surface area contributed by atoms with Gasteiger partial charge in [0.15, 0.2) is 0 Å². The van der Waals surface area contributed by atoms with Crippen LogP contribution in [-0.2, 0) is 6.42 Å². The van der Waals surface area contributed by atoms with E-state index in [1.54, 1.807) is 12.1 Å². The molecule has 2 fully saturated rings. The zero-order chi connectivity index (χ0) is 13.9. The van der Waals surface area contributed by atoms with Gasteiger partial charge in [0.2, 0.25) is 0 Å². The third kappa shape index (κ3) is 3.39. The van der Waals surface area contributed by atoms with Crippen LogP contribution in [0.25, 0.3) is 0 Å². The molecule has 2 nitrogen and oxygen atoms in total. The molecule has 2 N–H and O–H groups in total. The lowest BCUT2D eigenvalue weighted by Gasteiger charge is -2.40. The number of halogens is 1. The van der Waals surface area contributed by atoms with Gasteiger partial charge in [-0.2, -0.15) is 0 Å². The molecule has 20 heavy (non-hydrogen) atoms. The topological polar surface area (TPSA) is 29.3 Å². The summed E-state index contributed by atoms with van der Waals surface area (Å²) in [5.41, 5.74) is 7.49. The van der Waals surface area contributed by atoms with Gasteiger partial charge in [-0.25, -0.2) is 4.39 Å². The van der Waals surface area contributed by atoms with Crippen molar-refractivity contribution in [2.75, 3.05) is 13.1 Å². The van der Waals surface area contributed by atoms with Crippen molar-refractivity contribution in [3.8, 4) is 0 Å². The van der Waals surface area contributed by atoms with Crippen molar-refractivity contribution in [2.45, 2.75) is 50.6 Å². The summed E-state index contributed by atoms with van der Waals surface area (Å²) in [5, 5.41) is 0. The molecule has 0 aromatic heterocycles. The van der Waals surface area contributed by atoms with Crippen LogP contribution in [0.4, 0.5) is 4.39 Å². The van der Waals surface area contributed by atoms with E-state index in [1.165, 1.54) is 31.2 Å². The second-order valence-corrected chi connectivity index (χ2v) is 6.58. The summed E-state index contributed by atoms with van der Waals surface area (Å²) < 4.78 is 13.0. The van der Waals surface area contributed by atoms with Crippen LogP contribution in [0.2, 0.25) is 0 Å². The van der Waals surface area contributed by atoms with Crippen LogP contribution in [0, 0.1) is 11.7 Å². The van der Waals surface area contributed by atoms with Crippen molar-refractivity contribution in [1.82, 2.24) is 4.90 Å². The summed E-state index contributed by atoms with van der Waals surface area (Å²) in [4.78, 5) is 2.62. The van der Waals surface area contributed by atoms with Crippen molar-refractivity contribution >= 4 is 0 Å². The molecule has 110 valence electrons. The molecule has 0 bridgehead atoms. The van der Waals surface area contributed by atoms with Gasteiger partial charge in [0.1, 0.15) is 5.82 Å². The number of nitrogens with two attached hydrogens (primary N) is 1. The van der Waals surface area contributed by atoms with E-state index in [0.717, 1.165) is 32.0 Å². The van der Waals surface area contributed by atoms with E-state index in [4.69, 9.17) is 5.73 Å². The van der Waals surface area contributed by atoms with Crippen molar-refractivity contribution in [2.24, 2.45) is 11.7 Å². The fourth-order valence-corrected chi connectivity index (χ4v) is 3.95. The molecule has 1 aliphatic heterocycles. The van der Waals surface area contributed by atoms with E-state index in [2.05, 4.69) is 4.90 Å². The van der Waals surface area contributed by atoms with Crippen molar-refractivity contribution in [3.05, 3.63) is 35.6 Å². The van der Waals surface area contributed by atoms with E-state index in [9.17, 15) is 4.39 Å². The monoisotopic (exact) mass is 276 g/mol. The second-order valence-electron chi connectivity index (χ2n) is 6.58. The van der Waals surface area contributed by atoms with E-state index in [1.807, 2.05) is 12.1 Å². The van der Waals surface area contributed by atoms with Gasteiger partial charge in [0.25, 0.3) is 0 Å². The maximum atomic E-state index is 13.0. The Bertz CT molecular complexity index is 425. The molecular weight excluding hydrogens is 251 g/mol. The average Bonchev–Trinajstić information content (AvgIpc) is 2.95. The predicted octanol–water partition coefficient (Wildman–Crippen LogP) is 2.96. The van der Waals surface area contributed by atoms with Crippen molar-refractivity contribution in [3.63, 3.8) is 0 Å². The Labute approximate surface area is 121 Å². The van der Waals surface area contributed by atoms with Crippen molar-refractivity contribution in [1.29, 1.82) is 0 Å². The van der Waals surface area contributed by atoms with Crippen LogP contribution in [-0.4, -0.2) is 30.1 Å². The Morgan fingerprint density at radius 2 is 1.80 bits per heavy atom. The summed E-state index contributed by atoms with van der Waals surface area (Å²) in [7, 11) is 0. The molecule has 1 heterocycles. The summed E-state index contributed by atoms with van der Waals surface area (Å²) in [6.45, 7) is 2.22. The summed E-state index contributed by atoms with van der Waals surface area (Å²) in [6.07, 6.45) is 7.56. The van der Waals surface area contributed by atoms with Gasteiger partial charge in [-0.05, 0) is 49.3 Å². The number of likely N-dealkylation sites (tertiary alicyclic amines) is 1. The number of hydrogen-bond donors (Lipinski definition) is 1. The quantitative estimate of drug-likeness (QED) is 0.919. The number of piperidine rings is 1. The molecule has 2 atom stereocenters. The molecular formula is C17H25FN2. The molecule has 1 saturated heterocycles. The van der Waals surface area contributed by atoms with Gasteiger partial charge in [0.05, 0.1) is 0 Å². The lowest BCUT2D eigenvalue weighted by Crippen LogP contribution is -2.50. The fraction of sp³-hybridized carbons (Fsp3) is 0.647. The first kappa shape index (κ1) is 14.0. The zero-order valence-corrected chi connectivity index (χ0v) is 12.1. The van der Waals surface area contributed by atoms with Crippen LogP contribution in [0.3, 0.4) is 0 Å². The highest BCUT2D eigenvalue weighted by Crippen LogP contribution is 2.29. The van der Waals surface area contributed by atoms with Gasteiger partial charge >= 0.3 is 0 Å². The van der Waals surface area contributed by atoms with Crippen LogP contribution in [0.15, 0.2) is 24.3 Å². The molecule has 2 aliphatic rings. The first-order chi connectivity index (χ1) is 9.70. The normalized spacial score (nSPS) is 28.9. The summed E-state index contributed by atoms with van der Waals surface area (Å²) in [6, 6.07) is 8.01. The molecule has 3 rings (SSSR count). The molecule has 1 aliphatic carbocycles. The predicted molar refractivity (Wildman–Crippen MR) is 80.0 cm³/mol. The highest BCUT2D eigenvalue weighted by Gasteiger charge is 2.31. The van der Waals surface area contributed by atoms with Crippen LogP contribution in [0.1, 0.15) is 37.7 Å². The average molecular weight is 276 g/mol. The van der Waals surface area contributed by atoms with Crippen molar-refractivity contribution < 1.29 is 4.39 Å². The third-order valence-electron chi connectivity index (χ3n) is 4.88. The van der Waals surface area contributed by atoms with E-state index in [0.29, 0.717) is 12.0 Å². The number of hydrogen-bond acceptors (Lipinski definition) is 2. The van der Waals surface area contributed by atoms with Gasteiger partial charge in [0, 0.05) is 25.2 Å². The summed E-state index contributed by atoms with van der Waals surface area (Å²) >= 11 is 0.